The van der Waals surface area contributed by atoms with Gasteiger partial charge >= 0.3 is 0 Å². The predicted octanol–water partition coefficient (Wildman–Crippen LogP) is 4.28. The topological polar surface area (TPSA) is 15.3 Å². The van der Waals surface area contributed by atoms with Crippen LogP contribution >= 0.6 is 0 Å². The van der Waals surface area contributed by atoms with Crippen molar-refractivity contribution in [2.75, 3.05) is 23.3 Å². The van der Waals surface area contributed by atoms with Gasteiger partial charge in [-0.15, -0.1) is 0 Å². The fraction of sp³-hybridized carbons (Fsp3) is 0.294. The third-order valence-corrected chi connectivity index (χ3v) is 3.41. The van der Waals surface area contributed by atoms with Crippen LogP contribution in [-0.2, 0) is 6.54 Å². The number of hydrogen-bond acceptors (Lipinski definition) is 2. The highest BCUT2D eigenvalue weighted by Gasteiger charge is 2.01. The molecule has 0 aliphatic heterocycles. The Morgan fingerprint density at radius 3 is 2.05 bits per heavy atom. The lowest BCUT2D eigenvalue weighted by atomic mass is 10.2. The van der Waals surface area contributed by atoms with Crippen molar-refractivity contribution in [1.82, 2.24) is 0 Å². The number of anilines is 2. The van der Waals surface area contributed by atoms with Crippen LogP contribution < -0.4 is 10.2 Å². The van der Waals surface area contributed by atoms with Crippen molar-refractivity contribution in [3.8, 4) is 0 Å². The molecule has 0 saturated heterocycles. The molecule has 0 atom stereocenters. The zero-order valence-electron chi connectivity index (χ0n) is 12.1. The maximum Gasteiger partial charge on any atom is 0.123 e. The molecule has 0 aliphatic rings. The van der Waals surface area contributed by atoms with Crippen molar-refractivity contribution in [2.45, 2.75) is 20.4 Å². The molecular formula is C17H21FN2. The lowest BCUT2D eigenvalue weighted by molar-refractivity contribution is 0.628. The summed E-state index contributed by atoms with van der Waals surface area (Å²) in [6.45, 7) is 7.10. The summed E-state index contributed by atoms with van der Waals surface area (Å²) < 4.78 is 12.8. The van der Waals surface area contributed by atoms with Gasteiger partial charge in [-0.05, 0) is 55.8 Å². The van der Waals surface area contributed by atoms with Crippen molar-refractivity contribution < 1.29 is 4.39 Å². The molecule has 20 heavy (non-hydrogen) atoms. The molecule has 0 spiro atoms. The van der Waals surface area contributed by atoms with Crippen LogP contribution in [-0.4, -0.2) is 13.1 Å². The van der Waals surface area contributed by atoms with Crippen LogP contribution in [0.2, 0.25) is 0 Å². The molecule has 3 heteroatoms. The van der Waals surface area contributed by atoms with Gasteiger partial charge in [-0.3, -0.25) is 0 Å². The summed E-state index contributed by atoms with van der Waals surface area (Å²) >= 11 is 0. The third-order valence-electron chi connectivity index (χ3n) is 3.41. The van der Waals surface area contributed by atoms with Crippen molar-refractivity contribution >= 4 is 11.4 Å². The van der Waals surface area contributed by atoms with Gasteiger partial charge < -0.3 is 10.2 Å². The zero-order valence-corrected chi connectivity index (χ0v) is 12.1. The lowest BCUT2D eigenvalue weighted by Gasteiger charge is -2.21. The van der Waals surface area contributed by atoms with E-state index in [1.54, 1.807) is 12.1 Å². The Balaban J connectivity index is 1.95. The second-order valence-electron chi connectivity index (χ2n) is 4.70. The molecule has 0 aliphatic carbocycles. The largest absolute Gasteiger partial charge is 0.381 e. The van der Waals surface area contributed by atoms with E-state index in [-0.39, 0.29) is 5.82 Å². The molecule has 0 fully saturated rings. The third kappa shape index (κ3) is 3.73. The van der Waals surface area contributed by atoms with Gasteiger partial charge in [0.1, 0.15) is 5.82 Å². The summed E-state index contributed by atoms with van der Waals surface area (Å²) in [5.74, 6) is -0.209. The van der Waals surface area contributed by atoms with Crippen LogP contribution in [0.15, 0.2) is 48.5 Å². The zero-order chi connectivity index (χ0) is 14.4. The summed E-state index contributed by atoms with van der Waals surface area (Å²) in [6.07, 6.45) is 0. The van der Waals surface area contributed by atoms with Crippen molar-refractivity contribution in [3.63, 3.8) is 0 Å². The SMILES string of the molecule is CCN(CC)c1ccc(CNc2ccc(F)cc2)cc1. The van der Waals surface area contributed by atoms with E-state index in [0.717, 1.165) is 25.3 Å². The van der Waals surface area contributed by atoms with Gasteiger partial charge in [-0.25, -0.2) is 4.39 Å². The minimum atomic E-state index is -0.209. The molecular weight excluding hydrogens is 251 g/mol. The highest BCUT2D eigenvalue weighted by molar-refractivity contribution is 5.48. The first-order chi connectivity index (χ1) is 9.72. The summed E-state index contributed by atoms with van der Waals surface area (Å²) in [4.78, 5) is 2.32. The minimum absolute atomic E-state index is 0.209. The van der Waals surface area contributed by atoms with Crippen LogP contribution in [0.25, 0.3) is 0 Å². The number of nitrogens with one attached hydrogen (secondary N) is 1. The summed E-state index contributed by atoms with van der Waals surface area (Å²) in [6, 6.07) is 15.0. The highest BCUT2D eigenvalue weighted by atomic mass is 19.1. The average molecular weight is 272 g/mol. The first-order valence-electron chi connectivity index (χ1n) is 7.06. The lowest BCUT2D eigenvalue weighted by Crippen LogP contribution is -2.21. The van der Waals surface area contributed by atoms with Crippen LogP contribution in [0, 0.1) is 5.82 Å². The molecule has 0 amide bonds. The summed E-state index contributed by atoms with van der Waals surface area (Å²) in [5, 5.41) is 3.28. The van der Waals surface area contributed by atoms with E-state index in [1.165, 1.54) is 23.4 Å². The Bertz CT molecular complexity index is 516. The maximum atomic E-state index is 12.8. The fourth-order valence-corrected chi connectivity index (χ4v) is 2.19. The van der Waals surface area contributed by atoms with Crippen molar-refractivity contribution in [2.24, 2.45) is 0 Å². The predicted molar refractivity (Wildman–Crippen MR) is 83.7 cm³/mol. The maximum absolute atomic E-state index is 12.8. The van der Waals surface area contributed by atoms with Crippen LogP contribution in [0.4, 0.5) is 15.8 Å². The molecule has 1 N–H and O–H groups in total. The smallest absolute Gasteiger partial charge is 0.123 e. The molecule has 106 valence electrons. The van der Waals surface area contributed by atoms with Crippen molar-refractivity contribution in [1.29, 1.82) is 0 Å². The van der Waals surface area contributed by atoms with Gasteiger partial charge in [-0.2, -0.15) is 0 Å². The monoisotopic (exact) mass is 272 g/mol. The van der Waals surface area contributed by atoms with Gasteiger partial charge in [-0.1, -0.05) is 12.1 Å². The van der Waals surface area contributed by atoms with E-state index in [2.05, 4.69) is 48.3 Å². The number of hydrogen-bond donors (Lipinski definition) is 1. The Kier molecular flexibility index (Phi) is 4.99. The molecule has 2 rings (SSSR count). The van der Waals surface area contributed by atoms with Gasteiger partial charge in [0.05, 0.1) is 0 Å². The van der Waals surface area contributed by atoms with Gasteiger partial charge in [0.2, 0.25) is 0 Å². The standard InChI is InChI=1S/C17H21FN2/c1-3-20(4-2)17-11-5-14(6-12-17)13-19-16-9-7-15(18)8-10-16/h5-12,19H,3-4,13H2,1-2H3. The molecule has 0 aromatic heterocycles. The van der Waals surface area contributed by atoms with Gasteiger partial charge in [0.15, 0.2) is 0 Å². The quantitative estimate of drug-likeness (QED) is 0.844. The number of halogens is 1. The second kappa shape index (κ2) is 6.94. The van der Waals surface area contributed by atoms with Crippen molar-refractivity contribution in [3.05, 3.63) is 59.9 Å². The van der Waals surface area contributed by atoms with Gasteiger partial charge in [0, 0.05) is 31.0 Å². The Morgan fingerprint density at radius 1 is 0.900 bits per heavy atom. The molecule has 0 unspecified atom stereocenters. The molecule has 2 nitrogen and oxygen atoms in total. The molecule has 0 bridgehead atoms. The first-order valence-corrected chi connectivity index (χ1v) is 7.06. The van der Waals surface area contributed by atoms with E-state index < -0.39 is 0 Å². The number of nitrogens with zero attached hydrogens (tertiary/aromatic N) is 1. The Labute approximate surface area is 120 Å². The van der Waals surface area contributed by atoms with E-state index in [1.807, 2.05) is 0 Å². The molecule has 0 saturated carbocycles. The summed E-state index contributed by atoms with van der Waals surface area (Å²) in [7, 11) is 0. The normalized spacial score (nSPS) is 10.3. The van der Waals surface area contributed by atoms with E-state index in [9.17, 15) is 4.39 Å². The van der Waals surface area contributed by atoms with E-state index in [4.69, 9.17) is 0 Å². The Morgan fingerprint density at radius 2 is 1.50 bits per heavy atom. The minimum Gasteiger partial charge on any atom is -0.381 e. The Hall–Kier alpha value is -2.03. The summed E-state index contributed by atoms with van der Waals surface area (Å²) in [5.41, 5.74) is 3.39. The molecule has 2 aromatic rings. The van der Waals surface area contributed by atoms with E-state index >= 15 is 0 Å². The fourth-order valence-electron chi connectivity index (χ4n) is 2.19. The average Bonchev–Trinajstić information content (AvgIpc) is 2.49. The van der Waals surface area contributed by atoms with Gasteiger partial charge in [0.25, 0.3) is 0 Å². The molecule has 2 aromatic carbocycles. The number of benzene rings is 2. The second-order valence-corrected chi connectivity index (χ2v) is 4.70. The first kappa shape index (κ1) is 14.4. The van der Waals surface area contributed by atoms with E-state index in [0.29, 0.717) is 0 Å². The molecule has 0 heterocycles. The van der Waals surface area contributed by atoms with Crippen LogP contribution in [0.3, 0.4) is 0 Å². The van der Waals surface area contributed by atoms with Crippen LogP contribution in [0.1, 0.15) is 19.4 Å². The molecule has 0 radical (unpaired) electrons. The van der Waals surface area contributed by atoms with Crippen LogP contribution in [0.5, 0.6) is 0 Å². The highest BCUT2D eigenvalue weighted by Crippen LogP contribution is 2.16. The number of rotatable bonds is 6.